The predicted octanol–water partition coefficient (Wildman–Crippen LogP) is -0.644. The monoisotopic (exact) mass is 261 g/mol. The van der Waals surface area contributed by atoms with Crippen LogP contribution in [0.1, 0.15) is 39.0 Å². The molecule has 0 fully saturated rings. The van der Waals surface area contributed by atoms with E-state index in [0.717, 1.165) is 0 Å². The second kappa shape index (κ2) is 9.99. The van der Waals surface area contributed by atoms with Gasteiger partial charge >= 0.3 is 0 Å². The van der Waals surface area contributed by atoms with Crippen molar-refractivity contribution in [1.29, 1.82) is 0 Å². The number of Topliss-reactive ketones (excluding diaryl/α,β-unsaturated/α-hetero) is 1. The van der Waals surface area contributed by atoms with Gasteiger partial charge in [-0.25, -0.2) is 0 Å². The number of carbonyl (C=O) groups excluding carboxylic acids is 2. The van der Waals surface area contributed by atoms with Crippen LogP contribution in [0.5, 0.6) is 0 Å². The zero-order valence-corrected chi connectivity index (χ0v) is 10.8. The quantitative estimate of drug-likeness (QED) is 0.391. The van der Waals surface area contributed by atoms with E-state index in [1.54, 1.807) is 0 Å². The maximum Gasteiger partial charge on any atom is 0.220 e. The zero-order valence-electron chi connectivity index (χ0n) is 10.8. The van der Waals surface area contributed by atoms with E-state index in [1.807, 2.05) is 0 Å². The molecule has 0 bridgehead atoms. The highest BCUT2D eigenvalue weighted by Gasteiger charge is 2.14. The molecule has 0 heterocycles. The molecular formula is C12H23NO5. The van der Waals surface area contributed by atoms with Gasteiger partial charge in [0, 0.05) is 19.4 Å². The molecule has 0 saturated heterocycles. The van der Waals surface area contributed by atoms with E-state index >= 15 is 0 Å². The molecule has 0 saturated carbocycles. The Kier molecular flexibility index (Phi) is 9.45. The highest BCUT2D eigenvalue weighted by atomic mass is 16.4. The summed E-state index contributed by atoms with van der Waals surface area (Å²) in [6, 6.07) is 0. The lowest BCUT2D eigenvalue weighted by atomic mass is 10.1. The second-order valence-electron chi connectivity index (χ2n) is 4.37. The summed E-state index contributed by atoms with van der Waals surface area (Å²) >= 11 is 0. The Morgan fingerprint density at radius 3 is 2.33 bits per heavy atom. The molecule has 18 heavy (non-hydrogen) atoms. The van der Waals surface area contributed by atoms with Crippen LogP contribution in [-0.4, -0.2) is 52.4 Å². The van der Waals surface area contributed by atoms with E-state index < -0.39 is 18.8 Å². The van der Waals surface area contributed by atoms with E-state index in [-0.39, 0.29) is 11.7 Å². The topological polar surface area (TPSA) is 107 Å². The predicted molar refractivity (Wildman–Crippen MR) is 65.9 cm³/mol. The minimum Gasteiger partial charge on any atom is -0.394 e. The first kappa shape index (κ1) is 17.0. The molecule has 0 aliphatic carbocycles. The fourth-order valence-corrected chi connectivity index (χ4v) is 1.44. The molecule has 6 nitrogen and oxygen atoms in total. The van der Waals surface area contributed by atoms with Crippen molar-refractivity contribution < 1.29 is 24.9 Å². The van der Waals surface area contributed by atoms with E-state index in [1.165, 1.54) is 6.92 Å². The molecule has 0 aliphatic heterocycles. The molecule has 0 spiro atoms. The molecule has 0 aromatic carbocycles. The molecule has 0 aromatic rings. The van der Waals surface area contributed by atoms with E-state index in [9.17, 15) is 14.7 Å². The normalized spacial score (nSPS) is 14.0. The molecule has 2 atom stereocenters. The first-order chi connectivity index (χ1) is 8.47. The van der Waals surface area contributed by atoms with Gasteiger partial charge in [0.1, 0.15) is 11.9 Å². The SMILES string of the molecule is CC(=O)CCCC(=O)NCCCC(O)C(O)CO. The highest BCUT2D eigenvalue weighted by Crippen LogP contribution is 2.02. The Hall–Kier alpha value is -0.980. The second-order valence-corrected chi connectivity index (χ2v) is 4.37. The Bertz CT molecular complexity index is 257. The molecule has 0 radical (unpaired) electrons. The number of hydrogen-bond donors (Lipinski definition) is 4. The maximum atomic E-state index is 11.3. The van der Waals surface area contributed by atoms with Crippen LogP contribution < -0.4 is 5.32 Å². The van der Waals surface area contributed by atoms with Crippen LogP contribution in [-0.2, 0) is 9.59 Å². The van der Waals surface area contributed by atoms with Gasteiger partial charge in [-0.1, -0.05) is 0 Å². The van der Waals surface area contributed by atoms with Crippen molar-refractivity contribution in [3.8, 4) is 0 Å². The van der Waals surface area contributed by atoms with Gasteiger partial charge in [0.25, 0.3) is 0 Å². The first-order valence-electron chi connectivity index (χ1n) is 6.20. The summed E-state index contributed by atoms with van der Waals surface area (Å²) in [5.74, 6) is -0.0441. The average molecular weight is 261 g/mol. The molecule has 2 unspecified atom stereocenters. The lowest BCUT2D eigenvalue weighted by molar-refractivity contribution is -0.121. The number of amides is 1. The van der Waals surface area contributed by atoms with Crippen LogP contribution >= 0.6 is 0 Å². The summed E-state index contributed by atoms with van der Waals surface area (Å²) in [6.45, 7) is 1.43. The Morgan fingerprint density at radius 1 is 1.11 bits per heavy atom. The lowest BCUT2D eigenvalue weighted by Crippen LogP contribution is -2.31. The van der Waals surface area contributed by atoms with Crippen molar-refractivity contribution in [3.05, 3.63) is 0 Å². The standard InChI is InChI=1S/C12H23NO5/c1-9(15)4-2-6-12(18)13-7-3-5-10(16)11(17)8-14/h10-11,14,16-17H,2-8H2,1H3,(H,13,18). The van der Waals surface area contributed by atoms with Crippen LogP contribution in [0.4, 0.5) is 0 Å². The molecule has 4 N–H and O–H groups in total. The van der Waals surface area contributed by atoms with Crippen molar-refractivity contribution in [2.24, 2.45) is 0 Å². The van der Waals surface area contributed by atoms with Gasteiger partial charge in [0.15, 0.2) is 0 Å². The fourth-order valence-electron chi connectivity index (χ4n) is 1.44. The van der Waals surface area contributed by atoms with Crippen molar-refractivity contribution in [3.63, 3.8) is 0 Å². The van der Waals surface area contributed by atoms with Crippen LogP contribution in [0.2, 0.25) is 0 Å². The molecule has 1 amide bonds. The van der Waals surface area contributed by atoms with E-state index in [4.69, 9.17) is 10.2 Å². The number of aliphatic hydroxyl groups excluding tert-OH is 3. The third kappa shape index (κ3) is 9.09. The van der Waals surface area contributed by atoms with Gasteiger partial charge in [-0.05, 0) is 26.2 Å². The average Bonchev–Trinajstić information content (AvgIpc) is 2.32. The highest BCUT2D eigenvalue weighted by molar-refractivity contribution is 5.78. The van der Waals surface area contributed by atoms with Crippen molar-refractivity contribution in [2.75, 3.05) is 13.2 Å². The summed E-state index contributed by atoms with van der Waals surface area (Å²) in [5, 5.41) is 29.7. The van der Waals surface area contributed by atoms with Gasteiger partial charge in [-0.15, -0.1) is 0 Å². The Balaban J connectivity index is 3.48. The first-order valence-corrected chi connectivity index (χ1v) is 6.20. The van der Waals surface area contributed by atoms with Crippen molar-refractivity contribution >= 4 is 11.7 Å². The summed E-state index contributed by atoms with van der Waals surface area (Å²) in [4.78, 5) is 21.9. The van der Waals surface area contributed by atoms with Crippen LogP contribution in [0.15, 0.2) is 0 Å². The van der Waals surface area contributed by atoms with Gasteiger partial charge in [-0.3, -0.25) is 4.79 Å². The number of carbonyl (C=O) groups is 2. The van der Waals surface area contributed by atoms with Crippen molar-refractivity contribution in [1.82, 2.24) is 5.32 Å². The summed E-state index contributed by atoms with van der Waals surface area (Å²) in [7, 11) is 0. The Morgan fingerprint density at radius 2 is 1.78 bits per heavy atom. The summed E-state index contributed by atoms with van der Waals surface area (Å²) in [6.07, 6.45) is 0.0240. The number of hydrogen-bond acceptors (Lipinski definition) is 5. The number of rotatable bonds is 10. The van der Waals surface area contributed by atoms with Crippen molar-refractivity contribution in [2.45, 2.75) is 51.2 Å². The van der Waals surface area contributed by atoms with Crippen LogP contribution in [0.3, 0.4) is 0 Å². The minimum absolute atomic E-state index is 0.0731. The minimum atomic E-state index is -1.13. The fraction of sp³-hybridized carbons (Fsp3) is 0.833. The number of nitrogens with one attached hydrogen (secondary N) is 1. The van der Waals surface area contributed by atoms with Gasteiger partial charge in [0.05, 0.1) is 12.7 Å². The largest absolute Gasteiger partial charge is 0.394 e. The zero-order chi connectivity index (χ0) is 14.0. The van der Waals surface area contributed by atoms with E-state index in [2.05, 4.69) is 5.32 Å². The Labute approximate surface area is 107 Å². The summed E-state index contributed by atoms with van der Waals surface area (Å²) in [5.41, 5.74) is 0. The molecule has 0 aromatic heterocycles. The molecule has 0 aliphatic rings. The molecule has 6 heteroatoms. The third-order valence-corrected chi connectivity index (χ3v) is 2.56. The van der Waals surface area contributed by atoms with E-state index in [0.29, 0.717) is 38.6 Å². The third-order valence-electron chi connectivity index (χ3n) is 2.56. The summed E-state index contributed by atoms with van der Waals surface area (Å²) < 4.78 is 0. The van der Waals surface area contributed by atoms with Gasteiger partial charge in [-0.2, -0.15) is 0 Å². The maximum absolute atomic E-state index is 11.3. The molecular weight excluding hydrogens is 238 g/mol. The van der Waals surface area contributed by atoms with Gasteiger partial charge in [0.2, 0.25) is 5.91 Å². The number of ketones is 1. The molecule has 106 valence electrons. The number of aliphatic hydroxyl groups is 3. The van der Waals surface area contributed by atoms with Crippen LogP contribution in [0, 0.1) is 0 Å². The van der Waals surface area contributed by atoms with Crippen LogP contribution in [0.25, 0.3) is 0 Å². The molecule has 0 rings (SSSR count). The lowest BCUT2D eigenvalue weighted by Gasteiger charge is -2.15. The smallest absolute Gasteiger partial charge is 0.220 e. The van der Waals surface area contributed by atoms with Gasteiger partial charge < -0.3 is 25.4 Å².